The Bertz CT molecular complexity index is 621. The van der Waals surface area contributed by atoms with Gasteiger partial charge in [-0.3, -0.25) is 10.8 Å². The predicted octanol–water partition coefficient (Wildman–Crippen LogP) is 3.35. The molecule has 1 aromatic carbocycles. The third-order valence-corrected chi connectivity index (χ3v) is 2.76. The number of hydrogen-bond donors (Lipinski definition) is 3. The fourth-order valence-electron chi connectivity index (χ4n) is 1.17. The Kier molecular flexibility index (Phi) is 4.97. The molecule has 1 aromatic rings. The molecule has 0 amide bonds. The maximum Gasteiger partial charge on any atom is 0.418 e. The van der Waals surface area contributed by atoms with Gasteiger partial charge in [-0.25, -0.2) is 0 Å². The molecule has 1 rings (SSSR count). The molecule has 0 bridgehead atoms. The number of nitriles is 1. The molecule has 20 heavy (non-hydrogen) atoms. The van der Waals surface area contributed by atoms with Gasteiger partial charge in [-0.2, -0.15) is 23.5 Å². The average molecular weight is 369 g/mol. The number of nitrogens with zero attached hydrogens (tertiary/aromatic N) is 2. The molecule has 0 saturated carbocycles. The summed E-state index contributed by atoms with van der Waals surface area (Å²) in [6.07, 6.45) is -4.67. The standard InChI is InChI=1S/C10H6BrClF3N5/c11-4-1-5(10(13,14)15)8(6(12)2-4)20-19-7(3-16)9(17)18/h1-2,20H,(H3,17,18)/b19-7+. The number of hydrazone groups is 1. The Morgan fingerprint density at radius 3 is 2.55 bits per heavy atom. The average Bonchev–Trinajstić information content (AvgIpc) is 2.29. The topological polar surface area (TPSA) is 98.0 Å². The third-order valence-electron chi connectivity index (χ3n) is 2.00. The summed E-state index contributed by atoms with van der Waals surface area (Å²) in [4.78, 5) is 0. The van der Waals surface area contributed by atoms with E-state index < -0.39 is 29.0 Å². The largest absolute Gasteiger partial charge is 0.418 e. The zero-order chi connectivity index (χ0) is 15.5. The van der Waals surface area contributed by atoms with Gasteiger partial charge in [-0.15, -0.1) is 0 Å². The van der Waals surface area contributed by atoms with Crippen molar-refractivity contribution >= 4 is 44.8 Å². The molecule has 106 valence electrons. The number of anilines is 1. The van der Waals surface area contributed by atoms with Crippen molar-refractivity contribution in [1.29, 1.82) is 10.7 Å². The number of rotatable bonds is 3. The summed E-state index contributed by atoms with van der Waals surface area (Å²) in [6.45, 7) is 0. The highest BCUT2D eigenvalue weighted by Crippen LogP contribution is 2.40. The Hall–Kier alpha value is -1.79. The number of benzene rings is 1. The Balaban J connectivity index is 3.32. The van der Waals surface area contributed by atoms with Crippen LogP contribution in [0, 0.1) is 16.7 Å². The summed E-state index contributed by atoms with van der Waals surface area (Å²) < 4.78 is 38.8. The first-order valence-electron chi connectivity index (χ1n) is 4.81. The SMILES string of the molecule is N#C/C(=N\Nc1c(Cl)cc(Br)cc1C(F)(F)F)C(=N)N. The third kappa shape index (κ3) is 3.85. The van der Waals surface area contributed by atoms with Crippen LogP contribution in [-0.4, -0.2) is 11.5 Å². The molecular weight excluding hydrogens is 362 g/mol. The van der Waals surface area contributed by atoms with Crippen LogP contribution in [0.5, 0.6) is 0 Å². The van der Waals surface area contributed by atoms with Gasteiger partial charge in [0.25, 0.3) is 0 Å². The molecule has 0 atom stereocenters. The Morgan fingerprint density at radius 1 is 1.50 bits per heavy atom. The lowest BCUT2D eigenvalue weighted by Crippen LogP contribution is -2.22. The number of nitrogens with two attached hydrogens (primary N) is 1. The molecule has 0 aromatic heterocycles. The molecule has 0 unspecified atom stereocenters. The number of halogens is 5. The minimum atomic E-state index is -4.67. The van der Waals surface area contributed by atoms with Crippen LogP contribution < -0.4 is 11.2 Å². The minimum absolute atomic E-state index is 0.136. The molecule has 5 nitrogen and oxygen atoms in total. The van der Waals surface area contributed by atoms with E-state index >= 15 is 0 Å². The highest BCUT2D eigenvalue weighted by molar-refractivity contribution is 9.10. The second kappa shape index (κ2) is 6.11. The Labute approximate surface area is 124 Å². The van der Waals surface area contributed by atoms with E-state index in [1.165, 1.54) is 12.1 Å². The highest BCUT2D eigenvalue weighted by Gasteiger charge is 2.35. The summed E-state index contributed by atoms with van der Waals surface area (Å²) in [6, 6.07) is 3.50. The van der Waals surface area contributed by atoms with Gasteiger partial charge >= 0.3 is 6.18 Å². The monoisotopic (exact) mass is 367 g/mol. The van der Waals surface area contributed by atoms with Gasteiger partial charge in [0.15, 0.2) is 5.84 Å². The van der Waals surface area contributed by atoms with Crippen molar-refractivity contribution < 1.29 is 13.2 Å². The van der Waals surface area contributed by atoms with Crippen molar-refractivity contribution in [3.8, 4) is 6.07 Å². The lowest BCUT2D eigenvalue weighted by Gasteiger charge is -2.14. The van der Waals surface area contributed by atoms with E-state index in [0.717, 1.165) is 6.07 Å². The molecule has 10 heteroatoms. The highest BCUT2D eigenvalue weighted by atomic mass is 79.9. The van der Waals surface area contributed by atoms with E-state index in [1.807, 2.05) is 5.43 Å². The van der Waals surface area contributed by atoms with E-state index in [1.54, 1.807) is 0 Å². The maximum absolute atomic E-state index is 12.9. The van der Waals surface area contributed by atoms with Crippen molar-refractivity contribution in [2.75, 3.05) is 5.43 Å². The van der Waals surface area contributed by atoms with E-state index in [2.05, 4.69) is 21.0 Å². The number of alkyl halides is 3. The zero-order valence-electron chi connectivity index (χ0n) is 9.52. The van der Waals surface area contributed by atoms with Crippen molar-refractivity contribution in [3.63, 3.8) is 0 Å². The lowest BCUT2D eigenvalue weighted by atomic mass is 10.2. The van der Waals surface area contributed by atoms with Gasteiger partial charge in [0.1, 0.15) is 6.07 Å². The van der Waals surface area contributed by atoms with Gasteiger partial charge in [0, 0.05) is 4.47 Å². The lowest BCUT2D eigenvalue weighted by molar-refractivity contribution is -0.137. The maximum atomic E-state index is 12.9. The first kappa shape index (κ1) is 16.3. The quantitative estimate of drug-likeness (QED) is 0.433. The summed E-state index contributed by atoms with van der Waals surface area (Å²) in [7, 11) is 0. The van der Waals surface area contributed by atoms with Gasteiger partial charge in [-0.05, 0) is 12.1 Å². The normalized spacial score (nSPS) is 11.9. The van der Waals surface area contributed by atoms with Crippen LogP contribution in [0.4, 0.5) is 18.9 Å². The van der Waals surface area contributed by atoms with Crippen LogP contribution in [-0.2, 0) is 6.18 Å². The summed E-state index contributed by atoms with van der Waals surface area (Å²) in [5.74, 6) is -0.679. The summed E-state index contributed by atoms with van der Waals surface area (Å²) in [5, 5.41) is 18.7. The van der Waals surface area contributed by atoms with Crippen LogP contribution >= 0.6 is 27.5 Å². The van der Waals surface area contributed by atoms with Crippen LogP contribution in [0.1, 0.15) is 5.56 Å². The number of nitrogens with one attached hydrogen (secondary N) is 2. The molecule has 0 heterocycles. The van der Waals surface area contributed by atoms with Crippen molar-refractivity contribution in [2.45, 2.75) is 6.18 Å². The second-order valence-electron chi connectivity index (χ2n) is 3.41. The van der Waals surface area contributed by atoms with Crippen molar-refractivity contribution in [3.05, 3.63) is 27.2 Å². The van der Waals surface area contributed by atoms with Crippen LogP contribution in [0.2, 0.25) is 5.02 Å². The predicted molar refractivity (Wildman–Crippen MR) is 72.7 cm³/mol. The molecule has 0 spiro atoms. The van der Waals surface area contributed by atoms with E-state index in [0.29, 0.717) is 0 Å². The fraction of sp³-hybridized carbons (Fsp3) is 0.100. The number of amidine groups is 1. The zero-order valence-corrected chi connectivity index (χ0v) is 11.9. The summed E-state index contributed by atoms with van der Waals surface area (Å²) >= 11 is 8.62. The molecule has 0 fully saturated rings. The van der Waals surface area contributed by atoms with Gasteiger partial charge in [0.05, 0.1) is 16.3 Å². The second-order valence-corrected chi connectivity index (χ2v) is 4.73. The van der Waals surface area contributed by atoms with Crippen molar-refractivity contribution in [2.24, 2.45) is 10.8 Å². The van der Waals surface area contributed by atoms with E-state index in [9.17, 15) is 13.2 Å². The molecule has 4 N–H and O–H groups in total. The van der Waals surface area contributed by atoms with Crippen LogP contribution in [0.25, 0.3) is 0 Å². The van der Waals surface area contributed by atoms with Gasteiger partial charge < -0.3 is 5.73 Å². The first-order chi connectivity index (χ1) is 9.16. The van der Waals surface area contributed by atoms with Crippen LogP contribution in [0.15, 0.2) is 21.7 Å². The minimum Gasteiger partial charge on any atom is -0.382 e. The molecule has 0 aliphatic rings. The molecule has 0 aliphatic heterocycles. The first-order valence-corrected chi connectivity index (χ1v) is 5.98. The molecule has 0 aliphatic carbocycles. The van der Waals surface area contributed by atoms with E-state index in [4.69, 9.17) is 28.0 Å². The summed E-state index contributed by atoms with van der Waals surface area (Å²) in [5.41, 5.74) is 4.89. The fourth-order valence-corrected chi connectivity index (χ4v) is 2.02. The molecular formula is C10H6BrClF3N5. The van der Waals surface area contributed by atoms with Crippen LogP contribution in [0.3, 0.4) is 0 Å². The Morgan fingerprint density at radius 2 is 2.10 bits per heavy atom. The van der Waals surface area contributed by atoms with E-state index in [-0.39, 0.29) is 9.50 Å². The molecule has 0 saturated heterocycles. The number of hydrogen-bond acceptors (Lipinski definition) is 4. The smallest absolute Gasteiger partial charge is 0.382 e. The van der Waals surface area contributed by atoms with Crippen molar-refractivity contribution in [1.82, 2.24) is 0 Å². The molecule has 0 radical (unpaired) electrons. The van der Waals surface area contributed by atoms with Gasteiger partial charge in [-0.1, -0.05) is 27.5 Å². The van der Waals surface area contributed by atoms with Gasteiger partial charge in [0.2, 0.25) is 5.71 Å².